The number of thiophene rings is 1. The predicted octanol–water partition coefficient (Wildman–Crippen LogP) is 2.51. The number of rotatable bonds is 6. The average molecular weight is 429 g/mol. The number of ether oxygens (including phenoxy) is 2. The fraction of sp³-hybridized carbons (Fsp3) is 0.364. The van der Waals surface area contributed by atoms with Crippen molar-refractivity contribution in [2.24, 2.45) is 0 Å². The number of morpholine rings is 1. The first-order valence-corrected chi connectivity index (χ1v) is 10.7. The Morgan fingerprint density at radius 3 is 2.70 bits per heavy atom. The summed E-state index contributed by atoms with van der Waals surface area (Å²) >= 11 is 1.46. The summed E-state index contributed by atoms with van der Waals surface area (Å²) in [6.45, 7) is 4.00. The molecular formula is C22H24N2O5S. The Hall–Kier alpha value is -2.68. The summed E-state index contributed by atoms with van der Waals surface area (Å²) in [7, 11) is 1.54. The highest BCUT2D eigenvalue weighted by molar-refractivity contribution is 7.10. The zero-order chi connectivity index (χ0) is 21.1. The highest BCUT2D eigenvalue weighted by Gasteiger charge is 2.46. The van der Waals surface area contributed by atoms with Crippen LogP contribution in [0, 0.1) is 0 Å². The number of Topliss-reactive ketones (excluding diaryl/α,β-unsaturated/α-hetero) is 1. The van der Waals surface area contributed by atoms with Crippen molar-refractivity contribution in [3.63, 3.8) is 0 Å². The number of hydrogen-bond acceptors (Lipinski definition) is 7. The van der Waals surface area contributed by atoms with Gasteiger partial charge in [0, 0.05) is 36.6 Å². The van der Waals surface area contributed by atoms with Gasteiger partial charge in [0.05, 0.1) is 31.9 Å². The lowest BCUT2D eigenvalue weighted by atomic mass is 9.99. The Labute approximate surface area is 179 Å². The van der Waals surface area contributed by atoms with Gasteiger partial charge in [0.25, 0.3) is 11.7 Å². The molecule has 7 nitrogen and oxygen atoms in total. The lowest BCUT2D eigenvalue weighted by Gasteiger charge is -2.30. The van der Waals surface area contributed by atoms with Crippen LogP contribution >= 0.6 is 11.3 Å². The Morgan fingerprint density at radius 2 is 2.00 bits per heavy atom. The molecule has 0 bridgehead atoms. The second-order valence-corrected chi connectivity index (χ2v) is 8.17. The van der Waals surface area contributed by atoms with E-state index in [2.05, 4.69) is 4.90 Å². The van der Waals surface area contributed by atoms with Gasteiger partial charge in [-0.2, -0.15) is 0 Å². The molecule has 2 saturated heterocycles. The van der Waals surface area contributed by atoms with Crippen LogP contribution in [0.25, 0.3) is 5.76 Å². The van der Waals surface area contributed by atoms with Gasteiger partial charge in [-0.3, -0.25) is 14.5 Å². The standard InChI is InChI=1S/C22H24N2O5S/c1-28-16-5-2-4-15(14-16)20(25)18-19(17-6-3-13-30-17)24(22(27)21(18)26)8-7-23-9-11-29-12-10-23/h2-6,13-14,19,25H,7-12H2,1H3/b20-18+/t19-/m1/s1. The summed E-state index contributed by atoms with van der Waals surface area (Å²) in [5.41, 5.74) is 0.569. The number of aliphatic hydroxyl groups excluding tert-OH is 1. The van der Waals surface area contributed by atoms with Crippen molar-refractivity contribution >= 4 is 28.8 Å². The third-order valence-electron chi connectivity index (χ3n) is 5.46. The third kappa shape index (κ3) is 3.98. The van der Waals surface area contributed by atoms with Gasteiger partial charge in [0.1, 0.15) is 11.5 Å². The number of ketones is 1. The minimum Gasteiger partial charge on any atom is -0.507 e. The van der Waals surface area contributed by atoms with E-state index in [0.717, 1.165) is 18.0 Å². The summed E-state index contributed by atoms with van der Waals surface area (Å²) < 4.78 is 10.6. The molecular weight excluding hydrogens is 404 g/mol. The number of methoxy groups -OCH3 is 1. The summed E-state index contributed by atoms with van der Waals surface area (Å²) in [5, 5.41) is 12.9. The van der Waals surface area contributed by atoms with Crippen LogP contribution in [0.3, 0.4) is 0 Å². The van der Waals surface area contributed by atoms with E-state index >= 15 is 0 Å². The summed E-state index contributed by atoms with van der Waals surface area (Å²) in [6, 6.07) is 10.0. The van der Waals surface area contributed by atoms with Crippen molar-refractivity contribution in [3.05, 3.63) is 57.8 Å². The van der Waals surface area contributed by atoms with E-state index in [0.29, 0.717) is 37.6 Å². The Balaban J connectivity index is 1.69. The number of aliphatic hydroxyl groups is 1. The molecule has 4 rings (SSSR count). The summed E-state index contributed by atoms with van der Waals surface area (Å²) in [4.78, 5) is 30.5. The van der Waals surface area contributed by atoms with Crippen LogP contribution in [0.2, 0.25) is 0 Å². The maximum absolute atomic E-state index is 13.0. The Morgan fingerprint density at radius 1 is 1.20 bits per heavy atom. The third-order valence-corrected chi connectivity index (χ3v) is 6.38. The number of carbonyl (C=O) groups excluding carboxylic acids is 2. The van der Waals surface area contributed by atoms with Crippen molar-refractivity contribution in [3.8, 4) is 5.75 Å². The SMILES string of the molecule is COc1cccc(/C(O)=C2\C(=O)C(=O)N(CCN3CCOCC3)[C@@H]2c2cccs2)c1. The minimum absolute atomic E-state index is 0.123. The molecule has 0 unspecified atom stereocenters. The first-order chi connectivity index (χ1) is 14.6. The van der Waals surface area contributed by atoms with Crippen LogP contribution < -0.4 is 4.74 Å². The predicted molar refractivity (Wildman–Crippen MR) is 114 cm³/mol. The number of carbonyl (C=O) groups is 2. The summed E-state index contributed by atoms with van der Waals surface area (Å²) in [6.07, 6.45) is 0. The molecule has 2 aliphatic heterocycles. The van der Waals surface area contributed by atoms with Crippen LogP contribution in [0.5, 0.6) is 5.75 Å². The van der Waals surface area contributed by atoms with Gasteiger partial charge in [0.15, 0.2) is 0 Å². The van der Waals surface area contributed by atoms with E-state index < -0.39 is 17.7 Å². The molecule has 1 atom stereocenters. The number of hydrogen-bond donors (Lipinski definition) is 1. The van der Waals surface area contributed by atoms with E-state index in [1.165, 1.54) is 18.4 Å². The molecule has 2 aliphatic rings. The molecule has 1 N–H and O–H groups in total. The van der Waals surface area contributed by atoms with Gasteiger partial charge >= 0.3 is 0 Å². The molecule has 30 heavy (non-hydrogen) atoms. The number of amides is 1. The topological polar surface area (TPSA) is 79.3 Å². The normalized spacial score (nSPS) is 21.9. The molecule has 1 aromatic carbocycles. The van der Waals surface area contributed by atoms with Crippen LogP contribution in [-0.2, 0) is 14.3 Å². The quantitative estimate of drug-likeness (QED) is 0.433. The number of likely N-dealkylation sites (tertiary alicyclic amines) is 1. The van der Waals surface area contributed by atoms with Crippen molar-refractivity contribution in [2.45, 2.75) is 6.04 Å². The second kappa shape index (κ2) is 8.99. The zero-order valence-corrected chi connectivity index (χ0v) is 17.6. The monoisotopic (exact) mass is 428 g/mol. The van der Waals surface area contributed by atoms with Gasteiger partial charge < -0.3 is 19.5 Å². The van der Waals surface area contributed by atoms with Crippen molar-refractivity contribution < 1.29 is 24.2 Å². The Bertz CT molecular complexity index is 950. The fourth-order valence-corrected chi connectivity index (χ4v) is 4.70. The zero-order valence-electron chi connectivity index (χ0n) is 16.7. The smallest absolute Gasteiger partial charge is 0.295 e. The fourth-order valence-electron chi connectivity index (χ4n) is 3.85. The van der Waals surface area contributed by atoms with Gasteiger partial charge in [0.2, 0.25) is 0 Å². The van der Waals surface area contributed by atoms with E-state index in [9.17, 15) is 14.7 Å². The maximum atomic E-state index is 13.0. The molecule has 1 amide bonds. The highest BCUT2D eigenvalue weighted by Crippen LogP contribution is 2.41. The molecule has 8 heteroatoms. The molecule has 3 heterocycles. The first kappa shape index (κ1) is 20.6. The van der Waals surface area contributed by atoms with Gasteiger partial charge in [-0.1, -0.05) is 18.2 Å². The van der Waals surface area contributed by atoms with Gasteiger partial charge in [-0.25, -0.2) is 0 Å². The van der Waals surface area contributed by atoms with E-state index in [4.69, 9.17) is 9.47 Å². The molecule has 1 aromatic heterocycles. The van der Waals surface area contributed by atoms with Gasteiger partial charge in [-0.15, -0.1) is 11.3 Å². The van der Waals surface area contributed by atoms with Crippen LogP contribution in [0.15, 0.2) is 47.4 Å². The Kier molecular flexibility index (Phi) is 6.17. The molecule has 0 aliphatic carbocycles. The van der Waals surface area contributed by atoms with E-state index in [-0.39, 0.29) is 11.3 Å². The largest absolute Gasteiger partial charge is 0.507 e. The second-order valence-electron chi connectivity index (χ2n) is 7.19. The van der Waals surface area contributed by atoms with Crippen molar-refractivity contribution in [1.82, 2.24) is 9.80 Å². The molecule has 0 saturated carbocycles. The van der Waals surface area contributed by atoms with E-state index in [1.807, 2.05) is 17.5 Å². The maximum Gasteiger partial charge on any atom is 0.295 e. The first-order valence-electron chi connectivity index (χ1n) is 9.86. The average Bonchev–Trinajstić information content (AvgIpc) is 3.40. The number of benzene rings is 1. The number of nitrogens with zero attached hydrogens (tertiary/aromatic N) is 2. The van der Waals surface area contributed by atoms with Crippen molar-refractivity contribution in [2.75, 3.05) is 46.5 Å². The van der Waals surface area contributed by atoms with E-state index in [1.54, 1.807) is 29.2 Å². The highest BCUT2D eigenvalue weighted by atomic mass is 32.1. The van der Waals surface area contributed by atoms with Gasteiger partial charge in [-0.05, 0) is 23.6 Å². The summed E-state index contributed by atoms with van der Waals surface area (Å²) in [5.74, 6) is -0.852. The van der Waals surface area contributed by atoms with Crippen molar-refractivity contribution in [1.29, 1.82) is 0 Å². The molecule has 158 valence electrons. The molecule has 0 radical (unpaired) electrons. The molecule has 2 fully saturated rings. The molecule has 2 aromatic rings. The van der Waals surface area contributed by atoms with Crippen LogP contribution in [0.1, 0.15) is 16.5 Å². The van der Waals surface area contributed by atoms with Crippen LogP contribution in [0.4, 0.5) is 0 Å². The molecule has 0 spiro atoms. The lowest BCUT2D eigenvalue weighted by molar-refractivity contribution is -0.140. The van der Waals surface area contributed by atoms with Crippen LogP contribution in [-0.4, -0.2) is 73.1 Å². The lowest BCUT2D eigenvalue weighted by Crippen LogP contribution is -2.42. The minimum atomic E-state index is -0.657.